The van der Waals surface area contributed by atoms with Crippen molar-refractivity contribution in [2.45, 2.75) is 0 Å². The maximum atomic E-state index is 12.0. The fourth-order valence-electron chi connectivity index (χ4n) is 1.02. The highest BCUT2D eigenvalue weighted by molar-refractivity contribution is 7.67. The third kappa shape index (κ3) is 2.32. The highest BCUT2D eigenvalue weighted by Gasteiger charge is 2.18. The SMILES string of the molecule is CNP(=O)(NC)c1ccc(Cl)cc1. The molecule has 0 saturated heterocycles. The van der Waals surface area contributed by atoms with Crippen LogP contribution in [0.15, 0.2) is 24.3 Å². The maximum absolute atomic E-state index is 12.0. The summed E-state index contributed by atoms with van der Waals surface area (Å²) < 4.78 is 12.0. The van der Waals surface area contributed by atoms with Gasteiger partial charge in [-0.3, -0.25) is 14.7 Å². The lowest BCUT2D eigenvalue weighted by Crippen LogP contribution is -2.24. The van der Waals surface area contributed by atoms with Crippen LogP contribution >= 0.6 is 19.0 Å². The minimum Gasteiger partial charge on any atom is -0.284 e. The van der Waals surface area contributed by atoms with Crippen LogP contribution in [0.4, 0.5) is 0 Å². The van der Waals surface area contributed by atoms with Gasteiger partial charge in [0.2, 0.25) is 7.44 Å². The van der Waals surface area contributed by atoms with E-state index in [-0.39, 0.29) is 0 Å². The number of hydrogen-bond donors (Lipinski definition) is 2. The molecule has 0 radical (unpaired) electrons. The Labute approximate surface area is 83.0 Å². The molecule has 0 fully saturated rings. The van der Waals surface area contributed by atoms with E-state index in [0.29, 0.717) is 5.02 Å². The highest BCUT2D eigenvalue weighted by atomic mass is 35.5. The second-order valence-electron chi connectivity index (χ2n) is 2.53. The Hall–Kier alpha value is -0.340. The molecule has 0 aromatic heterocycles. The Morgan fingerprint density at radius 2 is 1.62 bits per heavy atom. The van der Waals surface area contributed by atoms with E-state index in [2.05, 4.69) is 10.2 Å². The van der Waals surface area contributed by atoms with Crippen LogP contribution in [0, 0.1) is 0 Å². The van der Waals surface area contributed by atoms with Gasteiger partial charge in [-0.05, 0) is 38.4 Å². The Morgan fingerprint density at radius 3 is 2.00 bits per heavy atom. The van der Waals surface area contributed by atoms with Crippen LogP contribution in [0.1, 0.15) is 0 Å². The molecule has 1 rings (SSSR count). The molecule has 3 nitrogen and oxygen atoms in total. The minimum atomic E-state index is -2.61. The molecular formula is C8H12ClN2OP. The fourth-order valence-corrected chi connectivity index (χ4v) is 2.46. The second kappa shape index (κ2) is 4.25. The lowest BCUT2D eigenvalue weighted by molar-refractivity contribution is 0.570. The lowest BCUT2D eigenvalue weighted by Gasteiger charge is -2.15. The Bertz CT molecular complexity index is 317. The molecule has 0 amide bonds. The second-order valence-corrected chi connectivity index (χ2v) is 5.60. The van der Waals surface area contributed by atoms with Crippen LogP contribution < -0.4 is 15.5 Å². The molecule has 5 heteroatoms. The van der Waals surface area contributed by atoms with Crippen molar-refractivity contribution in [3.8, 4) is 0 Å². The van der Waals surface area contributed by atoms with Crippen molar-refractivity contribution in [2.24, 2.45) is 0 Å². The molecule has 13 heavy (non-hydrogen) atoms. The predicted molar refractivity (Wildman–Crippen MR) is 56.8 cm³/mol. The van der Waals surface area contributed by atoms with Gasteiger partial charge in [-0.25, -0.2) is 0 Å². The molecule has 72 valence electrons. The zero-order valence-corrected chi connectivity index (χ0v) is 9.19. The number of halogens is 1. The monoisotopic (exact) mass is 218 g/mol. The third-order valence-corrected chi connectivity index (χ3v) is 4.36. The van der Waals surface area contributed by atoms with Gasteiger partial charge in [-0.1, -0.05) is 11.6 Å². The van der Waals surface area contributed by atoms with Crippen molar-refractivity contribution >= 4 is 24.3 Å². The van der Waals surface area contributed by atoms with Crippen molar-refractivity contribution in [3.05, 3.63) is 29.3 Å². The van der Waals surface area contributed by atoms with Crippen LogP contribution in [0.5, 0.6) is 0 Å². The quantitative estimate of drug-likeness (QED) is 0.758. The van der Waals surface area contributed by atoms with Gasteiger partial charge in [0.1, 0.15) is 0 Å². The first-order valence-electron chi connectivity index (χ1n) is 3.86. The number of rotatable bonds is 3. The van der Waals surface area contributed by atoms with E-state index in [1.54, 1.807) is 38.4 Å². The summed E-state index contributed by atoms with van der Waals surface area (Å²) in [4.78, 5) is 0. The first kappa shape index (κ1) is 10.7. The molecular weight excluding hydrogens is 207 g/mol. The molecule has 0 aliphatic rings. The normalized spacial score (nSPS) is 11.6. The van der Waals surface area contributed by atoms with Crippen molar-refractivity contribution in [2.75, 3.05) is 14.1 Å². The molecule has 0 saturated carbocycles. The molecule has 1 aromatic rings. The van der Waals surface area contributed by atoms with Crippen molar-refractivity contribution in [1.82, 2.24) is 10.2 Å². The smallest absolute Gasteiger partial charge is 0.240 e. The Kier molecular flexibility index (Phi) is 3.51. The van der Waals surface area contributed by atoms with Crippen molar-refractivity contribution < 1.29 is 4.57 Å². The first-order chi connectivity index (χ1) is 6.12. The van der Waals surface area contributed by atoms with E-state index in [1.807, 2.05) is 0 Å². The summed E-state index contributed by atoms with van der Waals surface area (Å²) in [6, 6.07) is 6.93. The molecule has 0 spiro atoms. The predicted octanol–water partition coefficient (Wildman–Crippen LogP) is 1.60. The van der Waals surface area contributed by atoms with E-state index in [9.17, 15) is 4.57 Å². The topological polar surface area (TPSA) is 41.1 Å². The molecule has 0 heterocycles. The van der Waals surface area contributed by atoms with Crippen molar-refractivity contribution in [3.63, 3.8) is 0 Å². The van der Waals surface area contributed by atoms with E-state index < -0.39 is 7.44 Å². The van der Waals surface area contributed by atoms with Crippen LogP contribution in [0.3, 0.4) is 0 Å². The number of hydrogen-bond acceptors (Lipinski definition) is 1. The van der Waals surface area contributed by atoms with Gasteiger partial charge < -0.3 is 0 Å². The molecule has 0 atom stereocenters. The first-order valence-corrected chi connectivity index (χ1v) is 5.95. The lowest BCUT2D eigenvalue weighted by atomic mass is 10.4. The molecule has 0 bridgehead atoms. The fraction of sp³-hybridized carbons (Fsp3) is 0.250. The van der Waals surface area contributed by atoms with Gasteiger partial charge in [0.25, 0.3) is 0 Å². The van der Waals surface area contributed by atoms with E-state index >= 15 is 0 Å². The summed E-state index contributed by atoms with van der Waals surface area (Å²) in [5, 5.41) is 6.90. The van der Waals surface area contributed by atoms with E-state index in [0.717, 1.165) is 5.30 Å². The highest BCUT2D eigenvalue weighted by Crippen LogP contribution is 2.32. The summed E-state index contributed by atoms with van der Waals surface area (Å²) >= 11 is 5.72. The van der Waals surface area contributed by atoms with Crippen LogP contribution in [0.2, 0.25) is 5.02 Å². The van der Waals surface area contributed by atoms with Crippen molar-refractivity contribution in [1.29, 1.82) is 0 Å². The molecule has 0 aliphatic heterocycles. The third-order valence-electron chi connectivity index (χ3n) is 1.82. The molecule has 0 aliphatic carbocycles. The summed E-state index contributed by atoms with van der Waals surface area (Å²) in [5.74, 6) is 0. The van der Waals surface area contributed by atoms with Crippen LogP contribution in [0.25, 0.3) is 0 Å². The van der Waals surface area contributed by atoms with Gasteiger partial charge >= 0.3 is 0 Å². The standard InChI is InChI=1S/C8H12ClN2OP/c1-10-13(12,11-2)8-5-3-7(9)4-6-8/h3-6H,1-2H3,(H2,10,11,12). The van der Waals surface area contributed by atoms with E-state index in [1.165, 1.54) is 0 Å². The summed E-state index contributed by atoms with van der Waals surface area (Å²) in [7, 11) is 0.705. The van der Waals surface area contributed by atoms with Gasteiger partial charge in [-0.15, -0.1) is 0 Å². The van der Waals surface area contributed by atoms with Crippen LogP contribution in [-0.4, -0.2) is 14.1 Å². The molecule has 2 N–H and O–H groups in total. The zero-order chi connectivity index (χ0) is 9.90. The van der Waals surface area contributed by atoms with Gasteiger partial charge in [0.15, 0.2) is 0 Å². The minimum absolute atomic E-state index is 0.641. The summed E-state index contributed by atoms with van der Waals surface area (Å²) in [6.45, 7) is 0. The van der Waals surface area contributed by atoms with Gasteiger partial charge in [0.05, 0.1) is 0 Å². The number of nitrogens with one attached hydrogen (secondary N) is 2. The largest absolute Gasteiger partial charge is 0.284 e. The molecule has 1 aromatic carbocycles. The van der Waals surface area contributed by atoms with Crippen LogP contribution in [-0.2, 0) is 4.57 Å². The van der Waals surface area contributed by atoms with Gasteiger partial charge in [-0.2, -0.15) is 0 Å². The Balaban J connectivity index is 3.07. The average molecular weight is 219 g/mol. The van der Waals surface area contributed by atoms with E-state index in [4.69, 9.17) is 11.6 Å². The Morgan fingerprint density at radius 1 is 1.15 bits per heavy atom. The summed E-state index contributed by atoms with van der Waals surface area (Å²) in [5.41, 5.74) is 0. The molecule has 0 unspecified atom stereocenters. The maximum Gasteiger partial charge on any atom is 0.240 e. The number of benzene rings is 1. The summed E-state index contributed by atoms with van der Waals surface area (Å²) in [6.07, 6.45) is 0. The average Bonchev–Trinajstić information content (AvgIpc) is 2.18. The van der Waals surface area contributed by atoms with Gasteiger partial charge in [0, 0.05) is 10.3 Å². The zero-order valence-electron chi connectivity index (χ0n) is 7.54.